The summed E-state index contributed by atoms with van der Waals surface area (Å²) in [5, 5.41) is 3.51. The van der Waals surface area contributed by atoms with Crippen LogP contribution in [0.15, 0.2) is 35.3 Å². The van der Waals surface area contributed by atoms with Gasteiger partial charge in [-0.15, -0.1) is 24.0 Å². The Hall–Kier alpha value is -1.31. The van der Waals surface area contributed by atoms with Crippen LogP contribution in [0, 0.1) is 5.92 Å². The normalized spacial score (nSPS) is 23.8. The van der Waals surface area contributed by atoms with Crippen molar-refractivity contribution in [3.63, 3.8) is 0 Å². The first-order chi connectivity index (χ1) is 12.3. The second-order valence-electron chi connectivity index (χ2n) is 7.55. The van der Waals surface area contributed by atoms with Crippen LogP contribution in [0.4, 0.5) is 5.69 Å². The summed E-state index contributed by atoms with van der Waals surface area (Å²) in [6.07, 6.45) is 6.81. The van der Waals surface area contributed by atoms with Gasteiger partial charge in [-0.05, 0) is 44.2 Å². The third-order valence-electron chi connectivity index (χ3n) is 5.41. The second kappa shape index (κ2) is 9.06. The molecule has 0 radical (unpaired) electrons. The molecular weight excluding hydrogens is 439 g/mol. The first kappa shape index (κ1) is 19.5. The molecule has 0 bridgehead atoms. The van der Waals surface area contributed by atoms with Gasteiger partial charge < -0.3 is 15.1 Å². The molecule has 3 fully saturated rings. The molecule has 1 aromatic carbocycles. The van der Waals surface area contributed by atoms with Gasteiger partial charge in [-0.25, -0.2) is 0 Å². The van der Waals surface area contributed by atoms with E-state index in [1.165, 1.54) is 32.1 Å². The number of hydrogen-bond donors (Lipinski definition) is 1. The predicted octanol–water partition coefficient (Wildman–Crippen LogP) is 3.57. The number of aliphatic imine (C=N–C) groups is 1. The molecule has 2 heterocycles. The summed E-state index contributed by atoms with van der Waals surface area (Å²) in [6, 6.07) is 10.8. The van der Waals surface area contributed by atoms with E-state index in [0.717, 1.165) is 37.8 Å². The highest BCUT2D eigenvalue weighted by Crippen LogP contribution is 2.32. The lowest BCUT2D eigenvalue weighted by molar-refractivity contribution is -0.128. The molecule has 1 unspecified atom stereocenters. The first-order valence-corrected chi connectivity index (χ1v) is 9.70. The van der Waals surface area contributed by atoms with E-state index < -0.39 is 0 Å². The summed E-state index contributed by atoms with van der Waals surface area (Å²) in [4.78, 5) is 21.5. The van der Waals surface area contributed by atoms with Crippen molar-refractivity contribution in [3.05, 3.63) is 30.3 Å². The molecule has 4 rings (SSSR count). The van der Waals surface area contributed by atoms with Crippen molar-refractivity contribution >= 4 is 41.5 Å². The molecule has 1 amide bonds. The third-order valence-corrected chi connectivity index (χ3v) is 5.41. The standard InChI is InChI=1S/C20H28N4O.HI/c25-19-13-16(15-24(19)18-9-10-18)14-21-20(23-11-5-2-6-12-23)22-17-7-3-1-4-8-17;/h1,3-4,7-8,16,18H,2,5-6,9-15H2,(H,21,22);1H. The number of amides is 1. The van der Waals surface area contributed by atoms with Gasteiger partial charge in [0.25, 0.3) is 0 Å². The van der Waals surface area contributed by atoms with Crippen LogP contribution in [0.5, 0.6) is 0 Å². The van der Waals surface area contributed by atoms with Crippen molar-refractivity contribution in [2.24, 2.45) is 10.9 Å². The average Bonchev–Trinajstić information content (AvgIpc) is 3.43. The van der Waals surface area contributed by atoms with Crippen LogP contribution in [-0.2, 0) is 4.79 Å². The number of hydrogen-bond acceptors (Lipinski definition) is 2. The van der Waals surface area contributed by atoms with E-state index in [4.69, 9.17) is 4.99 Å². The lowest BCUT2D eigenvalue weighted by Crippen LogP contribution is -2.40. The summed E-state index contributed by atoms with van der Waals surface area (Å²) in [5.74, 6) is 1.67. The van der Waals surface area contributed by atoms with Crippen LogP contribution < -0.4 is 5.32 Å². The zero-order valence-corrected chi connectivity index (χ0v) is 17.6. The van der Waals surface area contributed by atoms with E-state index in [9.17, 15) is 4.79 Å². The van der Waals surface area contributed by atoms with Crippen LogP contribution >= 0.6 is 24.0 Å². The highest BCUT2D eigenvalue weighted by Gasteiger charge is 2.39. The zero-order valence-electron chi connectivity index (χ0n) is 15.3. The number of carbonyl (C=O) groups excluding carboxylic acids is 1. The monoisotopic (exact) mass is 468 g/mol. The number of guanidine groups is 1. The van der Waals surface area contributed by atoms with Gasteiger partial charge in [-0.2, -0.15) is 0 Å². The highest BCUT2D eigenvalue weighted by atomic mass is 127. The summed E-state index contributed by atoms with van der Waals surface area (Å²) in [5.41, 5.74) is 1.08. The van der Waals surface area contributed by atoms with E-state index in [-0.39, 0.29) is 24.0 Å². The van der Waals surface area contributed by atoms with Crippen molar-refractivity contribution in [1.29, 1.82) is 0 Å². The lowest BCUT2D eigenvalue weighted by atomic mass is 10.1. The number of anilines is 1. The number of piperidine rings is 1. The first-order valence-electron chi connectivity index (χ1n) is 9.70. The Labute approximate surface area is 173 Å². The number of likely N-dealkylation sites (tertiary alicyclic amines) is 2. The number of nitrogens with zero attached hydrogens (tertiary/aromatic N) is 3. The molecule has 0 aromatic heterocycles. The SMILES string of the molecule is I.O=C1CC(CN=C(Nc2ccccc2)N2CCCCC2)CN1C1CC1. The fourth-order valence-corrected chi connectivity index (χ4v) is 3.86. The van der Waals surface area contributed by atoms with Crippen LogP contribution in [-0.4, -0.2) is 53.9 Å². The topological polar surface area (TPSA) is 47.9 Å². The number of benzene rings is 1. The molecule has 5 nitrogen and oxygen atoms in total. The van der Waals surface area contributed by atoms with Crippen LogP contribution in [0.1, 0.15) is 38.5 Å². The Kier molecular flexibility index (Phi) is 6.78. The predicted molar refractivity (Wildman–Crippen MR) is 116 cm³/mol. The van der Waals surface area contributed by atoms with Gasteiger partial charge >= 0.3 is 0 Å². The van der Waals surface area contributed by atoms with Crippen LogP contribution in [0.25, 0.3) is 0 Å². The molecule has 2 aliphatic heterocycles. The fraction of sp³-hybridized carbons (Fsp3) is 0.600. The van der Waals surface area contributed by atoms with E-state index in [1.807, 2.05) is 18.2 Å². The second-order valence-corrected chi connectivity index (χ2v) is 7.55. The molecule has 2 saturated heterocycles. The number of halogens is 1. The molecular formula is C20H29IN4O. The largest absolute Gasteiger partial charge is 0.343 e. The molecule has 26 heavy (non-hydrogen) atoms. The maximum Gasteiger partial charge on any atom is 0.223 e. The van der Waals surface area contributed by atoms with Crippen molar-refractivity contribution in [1.82, 2.24) is 9.80 Å². The van der Waals surface area contributed by atoms with Gasteiger partial charge in [0.1, 0.15) is 0 Å². The summed E-state index contributed by atoms with van der Waals surface area (Å²) < 4.78 is 0. The summed E-state index contributed by atoms with van der Waals surface area (Å²) in [6.45, 7) is 3.76. The van der Waals surface area contributed by atoms with E-state index in [1.54, 1.807) is 0 Å². The smallest absolute Gasteiger partial charge is 0.223 e. The Balaban J connectivity index is 0.00000196. The summed E-state index contributed by atoms with van der Waals surface area (Å²) in [7, 11) is 0. The maximum atomic E-state index is 12.2. The van der Waals surface area contributed by atoms with E-state index >= 15 is 0 Å². The minimum atomic E-state index is 0. The number of para-hydroxylation sites is 1. The van der Waals surface area contributed by atoms with Crippen LogP contribution in [0.2, 0.25) is 0 Å². The van der Waals surface area contributed by atoms with Gasteiger partial charge in [-0.3, -0.25) is 9.79 Å². The van der Waals surface area contributed by atoms with Crippen LogP contribution in [0.3, 0.4) is 0 Å². The van der Waals surface area contributed by atoms with Gasteiger partial charge in [0.2, 0.25) is 5.91 Å². The lowest BCUT2D eigenvalue weighted by Gasteiger charge is -2.30. The van der Waals surface area contributed by atoms with E-state index in [0.29, 0.717) is 24.3 Å². The molecule has 1 atom stereocenters. The van der Waals surface area contributed by atoms with Gasteiger partial charge in [-0.1, -0.05) is 18.2 Å². The van der Waals surface area contributed by atoms with Gasteiger partial charge in [0.05, 0.1) is 0 Å². The number of nitrogens with one attached hydrogen (secondary N) is 1. The number of carbonyl (C=O) groups is 1. The Morgan fingerprint density at radius 3 is 2.54 bits per heavy atom. The Bertz CT molecular complexity index is 626. The van der Waals surface area contributed by atoms with Gasteiger partial charge in [0.15, 0.2) is 5.96 Å². The molecule has 1 saturated carbocycles. The molecule has 1 aromatic rings. The third kappa shape index (κ3) is 4.90. The van der Waals surface area contributed by atoms with Crippen molar-refractivity contribution in [2.75, 3.05) is 31.5 Å². The molecule has 1 N–H and O–H groups in total. The molecule has 142 valence electrons. The van der Waals surface area contributed by atoms with Crippen molar-refractivity contribution < 1.29 is 4.79 Å². The number of rotatable bonds is 4. The quantitative estimate of drug-likeness (QED) is 0.418. The van der Waals surface area contributed by atoms with E-state index in [2.05, 4.69) is 27.2 Å². The molecule has 6 heteroatoms. The Morgan fingerprint density at radius 2 is 1.85 bits per heavy atom. The summed E-state index contributed by atoms with van der Waals surface area (Å²) >= 11 is 0. The zero-order chi connectivity index (χ0) is 17.1. The molecule has 3 aliphatic rings. The fourth-order valence-electron chi connectivity index (χ4n) is 3.86. The minimum absolute atomic E-state index is 0. The maximum absolute atomic E-state index is 12.2. The van der Waals surface area contributed by atoms with Gasteiger partial charge in [0, 0.05) is 50.2 Å². The minimum Gasteiger partial charge on any atom is -0.343 e. The Morgan fingerprint density at radius 1 is 1.12 bits per heavy atom. The van der Waals surface area contributed by atoms with Crippen molar-refractivity contribution in [2.45, 2.75) is 44.6 Å². The highest BCUT2D eigenvalue weighted by molar-refractivity contribution is 14.0. The molecule has 1 aliphatic carbocycles. The average molecular weight is 468 g/mol. The van der Waals surface area contributed by atoms with Crippen molar-refractivity contribution in [3.8, 4) is 0 Å². The molecule has 0 spiro atoms.